The minimum absolute atomic E-state index is 0.234. The predicted molar refractivity (Wildman–Crippen MR) is 66.8 cm³/mol. The molecule has 0 heterocycles. The summed E-state index contributed by atoms with van der Waals surface area (Å²) in [4.78, 5) is 10.7. The summed E-state index contributed by atoms with van der Waals surface area (Å²) in [5.74, 6) is 1.74. The molecule has 0 spiro atoms. The van der Waals surface area contributed by atoms with Gasteiger partial charge in [0.2, 0.25) is 6.03 Å². The van der Waals surface area contributed by atoms with Crippen molar-refractivity contribution >= 4 is 21.2 Å². The van der Waals surface area contributed by atoms with E-state index in [0.29, 0.717) is 29.9 Å². The summed E-state index contributed by atoms with van der Waals surface area (Å²) in [7, 11) is 4.31. The van der Waals surface area contributed by atoms with Crippen molar-refractivity contribution < 1.29 is 13.9 Å². The summed E-state index contributed by atoms with van der Waals surface area (Å²) in [6.07, 6.45) is 2.08. The monoisotopic (exact) mass is 242 g/mol. The molecule has 0 aromatic heterocycles. The quantitative estimate of drug-likeness (QED) is 0.423. The largest absolute Gasteiger partial charge is 0.327 e. The normalized spacial score (nSPS) is 38.2. The molecule has 5 atom stereocenters. The van der Waals surface area contributed by atoms with Gasteiger partial charge in [-0.15, -0.1) is 0 Å². The summed E-state index contributed by atoms with van der Waals surface area (Å²) in [5, 5.41) is 0. The van der Waals surface area contributed by atoms with Crippen LogP contribution in [0.15, 0.2) is 0 Å². The van der Waals surface area contributed by atoms with Gasteiger partial charge in [0, 0.05) is 13.3 Å². The van der Waals surface area contributed by atoms with Crippen LogP contribution in [-0.2, 0) is 13.9 Å². The van der Waals surface area contributed by atoms with Crippen LogP contribution in [0, 0.1) is 17.8 Å². The Balaban J connectivity index is 2.51. The first-order chi connectivity index (χ1) is 7.43. The van der Waals surface area contributed by atoms with Crippen LogP contribution in [0.5, 0.6) is 0 Å². The van der Waals surface area contributed by atoms with Crippen molar-refractivity contribution in [2.75, 3.05) is 13.3 Å². The van der Waals surface area contributed by atoms with Gasteiger partial charge in [-0.3, -0.25) is 9.36 Å². The molecule has 16 heavy (non-hydrogen) atoms. The van der Waals surface area contributed by atoms with E-state index in [1.54, 1.807) is 0 Å². The highest BCUT2D eigenvalue weighted by Gasteiger charge is 2.36. The van der Waals surface area contributed by atoms with Crippen LogP contribution in [0.2, 0.25) is 5.82 Å². The third kappa shape index (κ3) is 2.98. The molecule has 0 amide bonds. The van der Waals surface area contributed by atoms with Gasteiger partial charge in [-0.05, 0) is 24.2 Å². The van der Waals surface area contributed by atoms with Gasteiger partial charge in [0.15, 0.2) is 0 Å². The maximum Gasteiger partial charge on any atom is 0.263 e. The van der Waals surface area contributed by atoms with E-state index in [1.807, 2.05) is 0 Å². The van der Waals surface area contributed by atoms with E-state index < -0.39 is 7.37 Å². The Kier molecular flexibility index (Phi) is 4.81. The summed E-state index contributed by atoms with van der Waals surface area (Å²) < 4.78 is 16.5. The van der Waals surface area contributed by atoms with Crippen LogP contribution in [0.4, 0.5) is 0 Å². The van der Waals surface area contributed by atoms with E-state index in [1.165, 1.54) is 7.11 Å². The second kappa shape index (κ2) is 5.51. The summed E-state index contributed by atoms with van der Waals surface area (Å²) in [6, 6.07) is 0.468. The van der Waals surface area contributed by atoms with E-state index in [2.05, 4.69) is 13.8 Å². The van der Waals surface area contributed by atoms with Crippen molar-refractivity contribution in [3.63, 3.8) is 0 Å². The molecule has 1 aliphatic carbocycles. The molecule has 0 N–H and O–H groups in total. The first-order valence-electron chi connectivity index (χ1n) is 5.80. The van der Waals surface area contributed by atoms with Crippen molar-refractivity contribution in [3.8, 4) is 0 Å². The molecule has 0 bridgehead atoms. The number of carbonyl (C=O) groups is 1. The van der Waals surface area contributed by atoms with E-state index in [9.17, 15) is 9.36 Å². The maximum absolute atomic E-state index is 11.8. The van der Waals surface area contributed by atoms with Crippen LogP contribution in [-0.4, -0.2) is 27.1 Å². The van der Waals surface area contributed by atoms with Crippen molar-refractivity contribution in [2.24, 2.45) is 17.8 Å². The Bertz CT molecular complexity index is 295. The molecule has 0 aromatic rings. The highest BCUT2D eigenvalue weighted by molar-refractivity contribution is 7.73. The number of hydrogen-bond acceptors (Lipinski definition) is 3. The Morgan fingerprint density at radius 2 is 2.06 bits per heavy atom. The number of rotatable bonds is 5. The Morgan fingerprint density at radius 1 is 1.44 bits per heavy atom. The van der Waals surface area contributed by atoms with Gasteiger partial charge in [0.25, 0.3) is 7.37 Å². The highest BCUT2D eigenvalue weighted by atomic mass is 31.2. The van der Waals surface area contributed by atoms with E-state index in [-0.39, 0.29) is 5.82 Å². The third-order valence-electron chi connectivity index (χ3n) is 4.10. The lowest BCUT2D eigenvalue weighted by molar-refractivity contribution is 0.342. The topological polar surface area (TPSA) is 43.4 Å². The zero-order valence-electron chi connectivity index (χ0n) is 10.3. The average Bonchev–Trinajstić information content (AvgIpc) is 2.54. The van der Waals surface area contributed by atoms with Gasteiger partial charge in [-0.25, -0.2) is 0 Å². The summed E-state index contributed by atoms with van der Waals surface area (Å²) in [6.45, 7) is 4.34. The van der Waals surface area contributed by atoms with Gasteiger partial charge >= 0.3 is 0 Å². The second-order valence-electron chi connectivity index (χ2n) is 4.90. The zero-order valence-corrected chi connectivity index (χ0v) is 11.2. The van der Waals surface area contributed by atoms with Gasteiger partial charge < -0.3 is 4.52 Å². The van der Waals surface area contributed by atoms with Crippen LogP contribution >= 0.6 is 7.37 Å². The third-order valence-corrected chi connectivity index (χ3v) is 5.93. The minimum atomic E-state index is -3.02. The molecule has 0 saturated heterocycles. The molecule has 1 rings (SSSR count). The molecule has 90 valence electrons. The van der Waals surface area contributed by atoms with E-state index in [4.69, 9.17) is 12.4 Å². The van der Waals surface area contributed by atoms with Crippen molar-refractivity contribution in [3.05, 3.63) is 0 Å². The molecule has 2 radical (unpaired) electrons. The molecular formula is C11H20BO3P. The SMILES string of the molecule is [B]C1CC(CCP(=O)(C=O)OC)C(C)C1C. The fourth-order valence-corrected chi connectivity index (χ4v) is 3.58. The molecular weight excluding hydrogens is 222 g/mol. The first kappa shape index (κ1) is 14.0. The van der Waals surface area contributed by atoms with Crippen molar-refractivity contribution in [1.82, 2.24) is 0 Å². The Labute approximate surface area is 99.2 Å². The van der Waals surface area contributed by atoms with Gasteiger partial charge in [-0.2, -0.15) is 0 Å². The van der Waals surface area contributed by atoms with Crippen LogP contribution in [0.1, 0.15) is 26.7 Å². The predicted octanol–water partition coefficient (Wildman–Crippen LogP) is 2.74. The summed E-state index contributed by atoms with van der Waals surface area (Å²) in [5.41, 5.74) is 0. The minimum Gasteiger partial charge on any atom is -0.327 e. The zero-order chi connectivity index (χ0) is 12.3. The first-order valence-corrected chi connectivity index (χ1v) is 7.68. The average molecular weight is 242 g/mol. The number of hydrogen-bond donors (Lipinski definition) is 0. The molecule has 5 heteroatoms. The molecule has 3 nitrogen and oxygen atoms in total. The smallest absolute Gasteiger partial charge is 0.263 e. The lowest BCUT2D eigenvalue weighted by atomic mass is 9.78. The van der Waals surface area contributed by atoms with Crippen molar-refractivity contribution in [2.45, 2.75) is 32.5 Å². The Hall–Kier alpha value is -0.0751. The van der Waals surface area contributed by atoms with Crippen LogP contribution in [0.25, 0.3) is 0 Å². The molecule has 1 fully saturated rings. The van der Waals surface area contributed by atoms with E-state index in [0.717, 1.165) is 12.8 Å². The fraction of sp³-hybridized carbons (Fsp3) is 0.909. The number of carbonyl (C=O) groups excluding carboxylic acids is 1. The molecule has 0 aromatic carbocycles. The van der Waals surface area contributed by atoms with Gasteiger partial charge in [0.05, 0.1) is 7.85 Å². The lowest BCUT2D eigenvalue weighted by Crippen LogP contribution is -2.11. The van der Waals surface area contributed by atoms with Gasteiger partial charge in [-0.1, -0.05) is 26.1 Å². The molecule has 1 aliphatic rings. The van der Waals surface area contributed by atoms with Crippen LogP contribution < -0.4 is 0 Å². The molecule has 0 aliphatic heterocycles. The fourth-order valence-electron chi connectivity index (χ4n) is 2.51. The van der Waals surface area contributed by atoms with Crippen LogP contribution in [0.3, 0.4) is 0 Å². The van der Waals surface area contributed by atoms with E-state index >= 15 is 0 Å². The second-order valence-corrected chi connectivity index (χ2v) is 7.38. The van der Waals surface area contributed by atoms with Crippen molar-refractivity contribution in [1.29, 1.82) is 0 Å². The van der Waals surface area contributed by atoms with Gasteiger partial charge in [0.1, 0.15) is 0 Å². The maximum atomic E-state index is 11.8. The Morgan fingerprint density at radius 3 is 2.44 bits per heavy atom. The highest BCUT2D eigenvalue weighted by Crippen LogP contribution is 2.49. The lowest BCUT2D eigenvalue weighted by Gasteiger charge is -2.19. The standard InChI is InChI=1S/C11H20BO3P/c1-8-9(2)11(12)6-10(8)4-5-16(14,7-13)15-3/h7-11H,4-6H2,1-3H3. The summed E-state index contributed by atoms with van der Waals surface area (Å²) >= 11 is 0. The molecule has 1 saturated carbocycles. The molecule has 5 unspecified atom stereocenters.